The number of rotatable bonds is 5. The first-order chi connectivity index (χ1) is 7.54. The highest BCUT2D eigenvalue weighted by atomic mass is 35.5. The van der Waals surface area contributed by atoms with Crippen molar-refractivity contribution in [3.63, 3.8) is 0 Å². The SMILES string of the molecule is C=C(C)C(NCCC)c1cc(Cl)cc(Cl)c1. The van der Waals surface area contributed by atoms with Crippen LogP contribution in [-0.4, -0.2) is 6.54 Å². The normalized spacial score (nSPS) is 12.5. The molecule has 0 saturated carbocycles. The molecule has 16 heavy (non-hydrogen) atoms. The van der Waals surface area contributed by atoms with E-state index < -0.39 is 0 Å². The molecule has 0 saturated heterocycles. The van der Waals surface area contributed by atoms with E-state index in [1.165, 1.54) is 0 Å². The van der Waals surface area contributed by atoms with Gasteiger partial charge in [-0.15, -0.1) is 0 Å². The Morgan fingerprint density at radius 3 is 2.31 bits per heavy atom. The van der Waals surface area contributed by atoms with Gasteiger partial charge in [-0.2, -0.15) is 0 Å². The summed E-state index contributed by atoms with van der Waals surface area (Å²) in [4.78, 5) is 0. The third-order valence-corrected chi connectivity index (χ3v) is 2.75. The number of hydrogen-bond donors (Lipinski definition) is 1. The maximum absolute atomic E-state index is 5.99. The largest absolute Gasteiger partial charge is 0.307 e. The summed E-state index contributed by atoms with van der Waals surface area (Å²) in [5, 5.41) is 4.74. The molecule has 0 heterocycles. The number of benzene rings is 1. The Bertz CT molecular complexity index is 354. The van der Waals surface area contributed by atoms with Crippen LogP contribution in [0.4, 0.5) is 0 Å². The predicted molar refractivity (Wildman–Crippen MR) is 72.3 cm³/mol. The van der Waals surface area contributed by atoms with Crippen molar-refractivity contribution < 1.29 is 0 Å². The van der Waals surface area contributed by atoms with E-state index >= 15 is 0 Å². The van der Waals surface area contributed by atoms with Crippen molar-refractivity contribution in [1.29, 1.82) is 0 Å². The lowest BCUT2D eigenvalue weighted by Gasteiger charge is -2.19. The fraction of sp³-hybridized carbons (Fsp3) is 0.385. The average Bonchev–Trinajstić information content (AvgIpc) is 2.16. The summed E-state index contributed by atoms with van der Waals surface area (Å²) in [5.41, 5.74) is 2.13. The molecule has 0 aliphatic carbocycles. The molecule has 0 spiro atoms. The van der Waals surface area contributed by atoms with Gasteiger partial charge in [-0.25, -0.2) is 0 Å². The monoisotopic (exact) mass is 257 g/mol. The molecule has 0 bridgehead atoms. The second kappa shape index (κ2) is 6.29. The Morgan fingerprint density at radius 1 is 1.31 bits per heavy atom. The number of halogens is 2. The molecule has 1 rings (SSSR count). The molecule has 1 atom stereocenters. The summed E-state index contributed by atoms with van der Waals surface area (Å²) in [6, 6.07) is 5.71. The molecule has 1 aromatic carbocycles. The lowest BCUT2D eigenvalue weighted by atomic mass is 10.0. The Morgan fingerprint density at radius 2 is 1.88 bits per heavy atom. The minimum absolute atomic E-state index is 0.121. The van der Waals surface area contributed by atoms with E-state index in [1.54, 1.807) is 6.07 Å². The van der Waals surface area contributed by atoms with Crippen molar-refractivity contribution in [2.75, 3.05) is 6.54 Å². The van der Waals surface area contributed by atoms with Crippen LogP contribution in [0.3, 0.4) is 0 Å². The van der Waals surface area contributed by atoms with E-state index in [9.17, 15) is 0 Å². The molecule has 0 aliphatic rings. The molecule has 0 fully saturated rings. The number of nitrogens with one attached hydrogen (secondary N) is 1. The Kier molecular flexibility index (Phi) is 5.33. The van der Waals surface area contributed by atoms with E-state index in [-0.39, 0.29) is 6.04 Å². The topological polar surface area (TPSA) is 12.0 Å². The Labute approximate surface area is 107 Å². The smallest absolute Gasteiger partial charge is 0.0531 e. The fourth-order valence-corrected chi connectivity index (χ4v) is 2.15. The summed E-state index contributed by atoms with van der Waals surface area (Å²) in [7, 11) is 0. The summed E-state index contributed by atoms with van der Waals surface area (Å²) >= 11 is 12.0. The average molecular weight is 258 g/mol. The molecule has 0 aliphatic heterocycles. The highest BCUT2D eigenvalue weighted by molar-refractivity contribution is 6.34. The maximum Gasteiger partial charge on any atom is 0.0531 e. The van der Waals surface area contributed by atoms with Crippen LogP contribution in [-0.2, 0) is 0 Å². The number of hydrogen-bond acceptors (Lipinski definition) is 1. The first kappa shape index (κ1) is 13.6. The van der Waals surface area contributed by atoms with Gasteiger partial charge in [-0.1, -0.05) is 42.3 Å². The van der Waals surface area contributed by atoms with E-state index in [0.29, 0.717) is 10.0 Å². The summed E-state index contributed by atoms with van der Waals surface area (Å²) in [6.45, 7) is 9.08. The fourth-order valence-electron chi connectivity index (χ4n) is 1.61. The van der Waals surface area contributed by atoms with E-state index in [1.807, 2.05) is 19.1 Å². The van der Waals surface area contributed by atoms with Crippen molar-refractivity contribution >= 4 is 23.2 Å². The Hall–Kier alpha value is -0.500. The van der Waals surface area contributed by atoms with Crippen molar-refractivity contribution in [3.8, 4) is 0 Å². The van der Waals surface area contributed by atoms with Crippen LogP contribution in [0.15, 0.2) is 30.4 Å². The minimum atomic E-state index is 0.121. The molecular weight excluding hydrogens is 241 g/mol. The van der Waals surface area contributed by atoms with E-state index in [4.69, 9.17) is 23.2 Å². The first-order valence-corrected chi connectivity index (χ1v) is 6.15. The van der Waals surface area contributed by atoms with Gasteiger partial charge in [0.15, 0.2) is 0 Å². The quantitative estimate of drug-likeness (QED) is 0.760. The Balaban J connectivity index is 2.96. The zero-order valence-corrected chi connectivity index (χ0v) is 11.2. The van der Waals surface area contributed by atoms with Crippen molar-refractivity contribution in [1.82, 2.24) is 5.32 Å². The molecular formula is C13H17Cl2N. The molecule has 1 N–H and O–H groups in total. The van der Waals surface area contributed by atoms with Gasteiger partial charge in [0.25, 0.3) is 0 Å². The lowest BCUT2D eigenvalue weighted by Crippen LogP contribution is -2.22. The van der Waals surface area contributed by atoms with E-state index in [2.05, 4.69) is 18.8 Å². The van der Waals surface area contributed by atoms with Gasteiger partial charge >= 0.3 is 0 Å². The minimum Gasteiger partial charge on any atom is -0.307 e. The van der Waals surface area contributed by atoms with Gasteiger partial charge in [0.2, 0.25) is 0 Å². The van der Waals surface area contributed by atoms with Gasteiger partial charge in [-0.05, 0) is 43.7 Å². The van der Waals surface area contributed by atoms with Crippen LogP contribution in [0.2, 0.25) is 10.0 Å². The molecule has 1 unspecified atom stereocenters. The van der Waals surface area contributed by atoms with Gasteiger partial charge in [0.1, 0.15) is 0 Å². The lowest BCUT2D eigenvalue weighted by molar-refractivity contribution is 0.591. The second-order valence-corrected chi connectivity index (χ2v) is 4.81. The molecule has 3 heteroatoms. The highest BCUT2D eigenvalue weighted by Gasteiger charge is 2.12. The van der Waals surface area contributed by atoms with Gasteiger partial charge in [0, 0.05) is 10.0 Å². The van der Waals surface area contributed by atoms with Crippen LogP contribution in [0.1, 0.15) is 31.9 Å². The van der Waals surface area contributed by atoms with Gasteiger partial charge in [-0.3, -0.25) is 0 Å². The summed E-state index contributed by atoms with van der Waals surface area (Å²) < 4.78 is 0. The first-order valence-electron chi connectivity index (χ1n) is 5.39. The predicted octanol–water partition coefficient (Wildman–Crippen LogP) is 4.61. The van der Waals surface area contributed by atoms with Crippen LogP contribution in [0.5, 0.6) is 0 Å². The molecule has 0 aromatic heterocycles. The van der Waals surface area contributed by atoms with Crippen molar-refractivity contribution in [2.45, 2.75) is 26.3 Å². The van der Waals surface area contributed by atoms with Crippen molar-refractivity contribution in [3.05, 3.63) is 46.0 Å². The summed E-state index contributed by atoms with van der Waals surface area (Å²) in [5.74, 6) is 0. The van der Waals surface area contributed by atoms with Gasteiger partial charge in [0.05, 0.1) is 6.04 Å². The highest BCUT2D eigenvalue weighted by Crippen LogP contribution is 2.26. The van der Waals surface area contributed by atoms with E-state index in [0.717, 1.165) is 24.1 Å². The van der Waals surface area contributed by atoms with Crippen LogP contribution in [0.25, 0.3) is 0 Å². The molecule has 0 radical (unpaired) electrons. The standard InChI is InChI=1S/C13H17Cl2N/c1-4-5-16-13(9(2)3)10-6-11(14)8-12(15)7-10/h6-8,13,16H,2,4-5H2,1,3H3. The maximum atomic E-state index is 5.99. The van der Waals surface area contributed by atoms with Crippen molar-refractivity contribution in [2.24, 2.45) is 0 Å². The molecule has 1 nitrogen and oxygen atoms in total. The third kappa shape index (κ3) is 3.82. The van der Waals surface area contributed by atoms with Crippen LogP contribution >= 0.6 is 23.2 Å². The van der Waals surface area contributed by atoms with Crippen LogP contribution in [0, 0.1) is 0 Å². The molecule has 1 aromatic rings. The molecule has 0 amide bonds. The second-order valence-electron chi connectivity index (χ2n) is 3.94. The molecule has 88 valence electrons. The summed E-state index contributed by atoms with van der Waals surface area (Å²) in [6.07, 6.45) is 1.08. The van der Waals surface area contributed by atoms with Crippen LogP contribution < -0.4 is 5.32 Å². The van der Waals surface area contributed by atoms with Gasteiger partial charge < -0.3 is 5.32 Å². The third-order valence-electron chi connectivity index (χ3n) is 2.31. The zero-order valence-electron chi connectivity index (χ0n) is 9.69. The zero-order chi connectivity index (χ0) is 12.1.